The summed E-state index contributed by atoms with van der Waals surface area (Å²) in [5.74, 6) is 2.63. The van der Waals surface area contributed by atoms with Crippen molar-refractivity contribution in [3.63, 3.8) is 0 Å². The molecule has 0 aromatic carbocycles. The number of fused-ring (bicyclic) bond motifs is 2. The summed E-state index contributed by atoms with van der Waals surface area (Å²) in [5, 5.41) is 19.3. The van der Waals surface area contributed by atoms with Gasteiger partial charge in [-0.3, -0.25) is 19.2 Å². The molecule has 14 atom stereocenters. The van der Waals surface area contributed by atoms with E-state index in [9.17, 15) is 19.5 Å². The molecule has 1 aliphatic heterocycles. The van der Waals surface area contributed by atoms with E-state index in [1.54, 1.807) is 14.0 Å². The van der Waals surface area contributed by atoms with E-state index in [0.717, 1.165) is 51.4 Å². The normalized spacial score (nSPS) is 39.4. The van der Waals surface area contributed by atoms with E-state index in [0.29, 0.717) is 54.1 Å². The van der Waals surface area contributed by atoms with E-state index in [1.807, 2.05) is 17.1 Å². The zero-order chi connectivity index (χ0) is 40.5. The van der Waals surface area contributed by atoms with Crippen LogP contribution < -0.4 is 10.6 Å². The van der Waals surface area contributed by atoms with E-state index in [2.05, 4.69) is 57.3 Å². The molecule has 3 N–H and O–H groups in total. The Kier molecular flexibility index (Phi) is 14.6. The van der Waals surface area contributed by atoms with Crippen molar-refractivity contribution >= 4 is 17.7 Å². The van der Waals surface area contributed by atoms with Gasteiger partial charge < -0.3 is 30.3 Å². The number of hydrogen-bond acceptors (Lipinski definition) is 8. The van der Waals surface area contributed by atoms with Gasteiger partial charge in [-0.1, -0.05) is 59.3 Å². The van der Waals surface area contributed by atoms with Gasteiger partial charge in [-0.05, 0) is 113 Å². The fourth-order valence-corrected chi connectivity index (χ4v) is 13.3. The van der Waals surface area contributed by atoms with Crippen LogP contribution in [-0.2, 0) is 24.0 Å². The Bertz CT molecular complexity index is 1340. The molecule has 7 unspecified atom stereocenters. The minimum Gasteiger partial charge on any atom is -0.394 e. The lowest BCUT2D eigenvalue weighted by Crippen LogP contribution is -2.63. The van der Waals surface area contributed by atoms with E-state index in [1.165, 1.54) is 38.5 Å². The van der Waals surface area contributed by atoms with Gasteiger partial charge in [0.15, 0.2) is 0 Å². The Labute approximate surface area is 339 Å². The first kappa shape index (κ1) is 43.8. The number of carbonyl (C=O) groups is 3. The number of amides is 3. The van der Waals surface area contributed by atoms with E-state index in [-0.39, 0.29) is 60.3 Å². The van der Waals surface area contributed by atoms with Crippen LogP contribution in [0, 0.1) is 58.7 Å². The number of hydroxylamine groups is 2. The van der Waals surface area contributed by atoms with Crippen LogP contribution in [0.4, 0.5) is 0 Å². The van der Waals surface area contributed by atoms with E-state index in [4.69, 9.17) is 9.57 Å². The van der Waals surface area contributed by atoms with Crippen molar-refractivity contribution in [3.8, 4) is 0 Å². The number of hydrogen-bond donors (Lipinski definition) is 3. The minimum absolute atomic E-state index is 0.0129. The second kappa shape index (κ2) is 18.6. The number of methoxy groups -OCH3 is 1. The zero-order valence-electron chi connectivity index (χ0n) is 36.5. The van der Waals surface area contributed by atoms with Crippen molar-refractivity contribution in [1.82, 2.24) is 25.5 Å². The van der Waals surface area contributed by atoms with Crippen LogP contribution >= 0.6 is 0 Å². The van der Waals surface area contributed by atoms with Gasteiger partial charge in [-0.2, -0.15) is 5.06 Å². The molecule has 0 radical (unpaired) electrons. The van der Waals surface area contributed by atoms with Gasteiger partial charge in [0.2, 0.25) is 17.7 Å². The quantitative estimate of drug-likeness (QED) is 0.211. The second-order valence-corrected chi connectivity index (χ2v) is 20.2. The summed E-state index contributed by atoms with van der Waals surface area (Å²) < 4.78 is 6.45. The monoisotopic (exact) mass is 786 g/mol. The molecule has 0 aromatic rings. The third-order valence-electron chi connectivity index (χ3n) is 16.8. The SMILES string of the molecule is CNC(=O)C1CC(C2CCCC(CN3O[C@@H](CO)[C@H]([C@H](C)N(CCC4CCCCC4)C(C)=O)C3C(=O)N[C@H]3C[C@H]4C[C@@H]([C@@H]3C)C4(C)C)C2OC)CC(N(C)C)C1. The first-order valence-corrected chi connectivity index (χ1v) is 22.7. The molecule has 0 spiro atoms. The summed E-state index contributed by atoms with van der Waals surface area (Å²) in [6, 6.07) is -0.525. The second-order valence-electron chi connectivity index (χ2n) is 20.2. The van der Waals surface area contributed by atoms with Crippen LogP contribution in [0.25, 0.3) is 0 Å². The van der Waals surface area contributed by atoms with Gasteiger partial charge in [-0.25, -0.2) is 0 Å². The van der Waals surface area contributed by atoms with E-state index < -0.39 is 18.1 Å². The number of aliphatic hydroxyl groups is 1. The molecule has 0 aromatic heterocycles. The van der Waals surface area contributed by atoms with Crippen LogP contribution in [0.1, 0.15) is 125 Å². The Morgan fingerprint density at radius 1 is 0.982 bits per heavy atom. The lowest BCUT2D eigenvalue weighted by Gasteiger charge is -2.62. The maximum atomic E-state index is 15.0. The molecule has 11 heteroatoms. The van der Waals surface area contributed by atoms with Crippen molar-refractivity contribution in [1.29, 1.82) is 0 Å². The number of nitrogens with one attached hydrogen (secondary N) is 2. The third kappa shape index (κ3) is 9.02. The lowest BCUT2D eigenvalue weighted by atomic mass is 9.45. The minimum atomic E-state index is -0.652. The molecule has 7 fully saturated rings. The number of aliphatic hydroxyl groups excluding tert-OH is 1. The summed E-state index contributed by atoms with van der Waals surface area (Å²) >= 11 is 0. The predicted octanol–water partition coefficient (Wildman–Crippen LogP) is 5.50. The van der Waals surface area contributed by atoms with Crippen molar-refractivity contribution in [2.45, 2.75) is 161 Å². The van der Waals surface area contributed by atoms with Gasteiger partial charge in [0.05, 0.1) is 12.7 Å². The molecule has 2 bridgehead atoms. The van der Waals surface area contributed by atoms with Gasteiger partial charge in [-0.15, -0.1) is 0 Å². The van der Waals surface area contributed by atoms with Crippen molar-refractivity contribution < 1.29 is 29.1 Å². The molecule has 56 heavy (non-hydrogen) atoms. The summed E-state index contributed by atoms with van der Waals surface area (Å²) in [6.45, 7) is 11.7. The standard InChI is InChI=1S/C45H79N5O6/c1-27-37-23-34(45(37,4)5)24-38(27)47-44(54)41-40(28(2)49(29(3)52)19-18-30-14-11-10-12-15-30)39(26-51)56-50(41)25-31-16-13-17-36(42(31)55-9)32-20-33(43(53)46-6)22-35(21-32)48(7)8/h27-28,30-42,51H,10-26H2,1-9H3,(H,46,53)(H,47,54)/t27-,28-,31?,32?,33?,34+,35?,36?,37-,38-,39-,40-,41?,42?/m0/s1. The predicted molar refractivity (Wildman–Crippen MR) is 219 cm³/mol. The fraction of sp³-hybridized carbons (Fsp3) is 0.933. The van der Waals surface area contributed by atoms with Crippen molar-refractivity contribution in [2.75, 3.05) is 47.9 Å². The Morgan fingerprint density at radius 3 is 2.32 bits per heavy atom. The Hall–Kier alpha value is -1.79. The van der Waals surface area contributed by atoms with Crippen LogP contribution in [0.15, 0.2) is 0 Å². The highest BCUT2D eigenvalue weighted by Crippen LogP contribution is 2.61. The number of rotatable bonds is 14. The maximum Gasteiger partial charge on any atom is 0.240 e. The molecule has 6 saturated carbocycles. The molecule has 11 nitrogen and oxygen atoms in total. The van der Waals surface area contributed by atoms with Crippen LogP contribution in [0.3, 0.4) is 0 Å². The summed E-state index contributed by atoms with van der Waals surface area (Å²) in [4.78, 5) is 52.4. The third-order valence-corrected chi connectivity index (χ3v) is 16.8. The molecule has 1 saturated heterocycles. The van der Waals surface area contributed by atoms with Crippen molar-refractivity contribution in [2.24, 2.45) is 58.7 Å². The Morgan fingerprint density at radius 2 is 1.71 bits per heavy atom. The van der Waals surface area contributed by atoms with Gasteiger partial charge in [0, 0.05) is 70.0 Å². The largest absolute Gasteiger partial charge is 0.394 e. The van der Waals surface area contributed by atoms with E-state index >= 15 is 0 Å². The smallest absolute Gasteiger partial charge is 0.240 e. The van der Waals surface area contributed by atoms with Gasteiger partial charge in [0.1, 0.15) is 12.1 Å². The summed E-state index contributed by atoms with van der Waals surface area (Å²) in [5.41, 5.74) is 0.306. The summed E-state index contributed by atoms with van der Waals surface area (Å²) in [7, 11) is 7.81. The molecule has 320 valence electrons. The van der Waals surface area contributed by atoms with Crippen molar-refractivity contribution in [3.05, 3.63) is 0 Å². The zero-order valence-corrected chi connectivity index (χ0v) is 36.5. The van der Waals surface area contributed by atoms with Gasteiger partial charge in [0.25, 0.3) is 0 Å². The highest BCUT2D eigenvalue weighted by atomic mass is 16.7. The molecular formula is C45H79N5O6. The first-order valence-electron chi connectivity index (χ1n) is 22.7. The molecule has 1 heterocycles. The average Bonchev–Trinajstić information content (AvgIpc) is 3.56. The molecular weight excluding hydrogens is 707 g/mol. The highest BCUT2D eigenvalue weighted by Gasteiger charge is 2.58. The Balaban J connectivity index is 1.25. The summed E-state index contributed by atoms with van der Waals surface area (Å²) in [6.07, 6.45) is 14.6. The number of carbonyl (C=O) groups excluding carboxylic acids is 3. The van der Waals surface area contributed by atoms with Crippen LogP contribution in [-0.4, -0.2) is 122 Å². The maximum absolute atomic E-state index is 15.0. The molecule has 3 amide bonds. The number of ether oxygens (including phenoxy) is 1. The van der Waals surface area contributed by atoms with Crippen LogP contribution in [0.2, 0.25) is 0 Å². The molecule has 7 rings (SSSR count). The van der Waals surface area contributed by atoms with Crippen LogP contribution in [0.5, 0.6) is 0 Å². The average molecular weight is 786 g/mol. The fourth-order valence-electron chi connectivity index (χ4n) is 13.3. The first-order chi connectivity index (χ1) is 26.7. The number of nitrogens with zero attached hydrogens (tertiary/aromatic N) is 3. The molecule has 6 aliphatic carbocycles. The topological polar surface area (TPSA) is 124 Å². The lowest BCUT2D eigenvalue weighted by molar-refractivity contribution is -0.193. The highest BCUT2D eigenvalue weighted by molar-refractivity contribution is 5.83. The molecule has 7 aliphatic rings. The van der Waals surface area contributed by atoms with Gasteiger partial charge >= 0.3 is 0 Å².